The van der Waals surface area contributed by atoms with Gasteiger partial charge >= 0.3 is 0 Å². The number of hydrogen-bond acceptors (Lipinski definition) is 5. The van der Waals surface area contributed by atoms with Crippen LogP contribution in [0.2, 0.25) is 5.02 Å². The zero-order valence-electron chi connectivity index (χ0n) is 21.2. The van der Waals surface area contributed by atoms with Crippen LogP contribution in [0, 0.1) is 0 Å². The van der Waals surface area contributed by atoms with Gasteiger partial charge in [-0.3, -0.25) is 14.9 Å². The predicted octanol–water partition coefficient (Wildman–Crippen LogP) is 7.51. The molecule has 9 heteroatoms. The summed E-state index contributed by atoms with van der Waals surface area (Å²) in [5.41, 5.74) is 2.04. The maximum atomic E-state index is 13.4. The van der Waals surface area contributed by atoms with Crippen molar-refractivity contribution in [1.82, 2.24) is 5.32 Å². The van der Waals surface area contributed by atoms with Gasteiger partial charge in [-0.05, 0) is 73.1 Å². The summed E-state index contributed by atoms with van der Waals surface area (Å²) in [5.74, 6) is 0.177. The Labute approximate surface area is 240 Å². The summed E-state index contributed by atoms with van der Waals surface area (Å²) in [6.07, 6.45) is 0. The van der Waals surface area contributed by atoms with Crippen LogP contribution in [0.15, 0.2) is 84.9 Å². The third-order valence-electron chi connectivity index (χ3n) is 6.28. The minimum Gasteiger partial charge on any atom is -0.497 e. The van der Waals surface area contributed by atoms with Crippen LogP contribution in [0.4, 0.5) is 11.4 Å². The van der Waals surface area contributed by atoms with Crippen LogP contribution < -0.4 is 20.3 Å². The van der Waals surface area contributed by atoms with E-state index in [2.05, 4.69) is 10.6 Å². The molecule has 0 saturated carbocycles. The molecular weight excluding hydrogens is 550 g/mol. The second-order valence-electron chi connectivity index (χ2n) is 8.64. The van der Waals surface area contributed by atoms with Gasteiger partial charge in [-0.25, -0.2) is 0 Å². The molecule has 0 unspecified atom stereocenters. The molecule has 1 aromatic heterocycles. The van der Waals surface area contributed by atoms with E-state index in [-0.39, 0.29) is 11.0 Å². The SMILES string of the molecule is CCN(C(=O)c1ccc(NC(=S)NC(=O)c2sc3cc(OC)ccc3c2Cl)cc1)c1cccc2ccccc12. The van der Waals surface area contributed by atoms with Crippen molar-refractivity contribution >= 4 is 84.3 Å². The van der Waals surface area contributed by atoms with Crippen LogP contribution in [0.3, 0.4) is 0 Å². The number of benzene rings is 4. The van der Waals surface area contributed by atoms with E-state index in [9.17, 15) is 9.59 Å². The highest BCUT2D eigenvalue weighted by Crippen LogP contribution is 2.37. The number of rotatable bonds is 6. The standard InChI is InChI=1S/C30H24ClN3O3S2/c1-3-34(24-10-6-8-18-7-4-5-9-22(18)24)29(36)19-11-13-20(14-12-19)32-30(38)33-28(35)27-26(31)23-16-15-21(37-2)17-25(23)39-27/h4-17H,3H2,1-2H3,(H2,32,33,35,38). The minimum atomic E-state index is -0.404. The summed E-state index contributed by atoms with van der Waals surface area (Å²) in [5, 5.41) is 9.04. The van der Waals surface area contributed by atoms with Gasteiger partial charge in [0.2, 0.25) is 0 Å². The van der Waals surface area contributed by atoms with E-state index in [0.717, 1.165) is 26.5 Å². The molecule has 0 aliphatic heterocycles. The van der Waals surface area contributed by atoms with Crippen molar-refractivity contribution in [3.05, 3.63) is 100 Å². The van der Waals surface area contributed by atoms with E-state index in [1.165, 1.54) is 11.3 Å². The molecule has 0 bridgehead atoms. The molecule has 0 aliphatic rings. The molecule has 2 N–H and O–H groups in total. The number of carbonyl (C=O) groups is 2. The Morgan fingerprint density at radius 2 is 1.72 bits per heavy atom. The highest BCUT2D eigenvalue weighted by molar-refractivity contribution is 7.80. The molecule has 39 heavy (non-hydrogen) atoms. The first-order chi connectivity index (χ1) is 18.9. The molecule has 2 amide bonds. The number of nitrogens with one attached hydrogen (secondary N) is 2. The molecule has 0 spiro atoms. The number of amides is 2. The molecule has 196 valence electrons. The Morgan fingerprint density at radius 3 is 2.46 bits per heavy atom. The molecule has 0 fully saturated rings. The molecule has 5 aromatic rings. The molecule has 0 atom stereocenters. The van der Waals surface area contributed by atoms with Gasteiger partial charge < -0.3 is 15.0 Å². The number of nitrogens with zero attached hydrogens (tertiary/aromatic N) is 1. The summed E-state index contributed by atoms with van der Waals surface area (Å²) >= 11 is 13.1. The first kappa shape index (κ1) is 26.6. The van der Waals surface area contributed by atoms with Gasteiger partial charge in [-0.15, -0.1) is 11.3 Å². The Hall–Kier alpha value is -3.98. The van der Waals surface area contributed by atoms with Gasteiger partial charge in [0.05, 0.1) is 17.8 Å². The van der Waals surface area contributed by atoms with Crippen LogP contribution in [0.5, 0.6) is 5.75 Å². The maximum absolute atomic E-state index is 13.4. The first-order valence-corrected chi connectivity index (χ1v) is 13.8. The number of anilines is 2. The van der Waals surface area contributed by atoms with Gasteiger partial charge in [-0.1, -0.05) is 48.0 Å². The van der Waals surface area contributed by atoms with Crippen LogP contribution in [-0.2, 0) is 0 Å². The largest absolute Gasteiger partial charge is 0.497 e. The van der Waals surface area contributed by atoms with Gasteiger partial charge in [0.1, 0.15) is 10.6 Å². The summed E-state index contributed by atoms with van der Waals surface area (Å²) in [4.78, 5) is 28.4. The number of carbonyl (C=O) groups excluding carboxylic acids is 2. The van der Waals surface area contributed by atoms with Crippen molar-refractivity contribution in [2.75, 3.05) is 23.9 Å². The number of hydrogen-bond donors (Lipinski definition) is 2. The van der Waals surface area contributed by atoms with Gasteiger partial charge in [0.25, 0.3) is 11.8 Å². The van der Waals surface area contributed by atoms with E-state index < -0.39 is 5.91 Å². The van der Waals surface area contributed by atoms with Gasteiger partial charge in [0, 0.05) is 33.3 Å². The Kier molecular flexibility index (Phi) is 7.79. The molecule has 5 rings (SSSR count). The fourth-order valence-corrected chi connectivity index (χ4v) is 6.01. The van der Waals surface area contributed by atoms with Crippen molar-refractivity contribution in [3.8, 4) is 5.75 Å². The molecular formula is C30H24ClN3O3S2. The fourth-order valence-electron chi connectivity index (χ4n) is 4.36. The fraction of sp³-hybridized carbons (Fsp3) is 0.100. The van der Waals surface area contributed by atoms with Crippen molar-refractivity contribution in [2.24, 2.45) is 0 Å². The highest BCUT2D eigenvalue weighted by atomic mass is 35.5. The second kappa shape index (κ2) is 11.4. The van der Waals surface area contributed by atoms with Crippen molar-refractivity contribution in [3.63, 3.8) is 0 Å². The van der Waals surface area contributed by atoms with Crippen molar-refractivity contribution in [2.45, 2.75) is 6.92 Å². The third-order valence-corrected chi connectivity index (χ3v) is 8.14. The van der Waals surface area contributed by atoms with E-state index in [1.807, 2.05) is 61.5 Å². The molecule has 0 aliphatic carbocycles. The van der Waals surface area contributed by atoms with E-state index in [4.69, 9.17) is 28.6 Å². The summed E-state index contributed by atoms with van der Waals surface area (Å²) in [7, 11) is 1.58. The zero-order valence-corrected chi connectivity index (χ0v) is 23.5. The summed E-state index contributed by atoms with van der Waals surface area (Å²) in [6, 6.07) is 26.4. The van der Waals surface area contributed by atoms with Gasteiger partial charge in [0.15, 0.2) is 5.11 Å². The topological polar surface area (TPSA) is 70.7 Å². The molecule has 4 aromatic carbocycles. The third kappa shape index (κ3) is 5.45. The highest BCUT2D eigenvalue weighted by Gasteiger charge is 2.20. The number of halogens is 1. The van der Waals surface area contributed by atoms with E-state index in [1.54, 1.807) is 42.3 Å². The van der Waals surface area contributed by atoms with Crippen molar-refractivity contribution < 1.29 is 14.3 Å². The van der Waals surface area contributed by atoms with Crippen LogP contribution >= 0.6 is 35.2 Å². The van der Waals surface area contributed by atoms with Crippen LogP contribution in [0.1, 0.15) is 27.0 Å². The smallest absolute Gasteiger partial charge is 0.269 e. The molecule has 0 radical (unpaired) electrons. The van der Waals surface area contributed by atoms with Crippen molar-refractivity contribution in [1.29, 1.82) is 0 Å². The van der Waals surface area contributed by atoms with Crippen LogP contribution in [-0.4, -0.2) is 30.6 Å². The number of thiophene rings is 1. The molecule has 6 nitrogen and oxygen atoms in total. The predicted molar refractivity (Wildman–Crippen MR) is 165 cm³/mol. The number of fused-ring (bicyclic) bond motifs is 2. The van der Waals surface area contributed by atoms with Crippen LogP contribution in [0.25, 0.3) is 20.9 Å². The first-order valence-electron chi connectivity index (χ1n) is 12.2. The lowest BCUT2D eigenvalue weighted by molar-refractivity contribution is 0.0976. The Balaban J connectivity index is 1.27. The lowest BCUT2D eigenvalue weighted by Crippen LogP contribution is -2.34. The lowest BCUT2D eigenvalue weighted by Gasteiger charge is -2.23. The lowest BCUT2D eigenvalue weighted by atomic mass is 10.1. The second-order valence-corrected chi connectivity index (χ2v) is 10.5. The summed E-state index contributed by atoms with van der Waals surface area (Å²) < 4.78 is 6.09. The Morgan fingerprint density at radius 1 is 0.974 bits per heavy atom. The normalized spacial score (nSPS) is 10.8. The monoisotopic (exact) mass is 573 g/mol. The molecule has 1 heterocycles. The number of ether oxygens (including phenoxy) is 1. The number of thiocarbonyl (C=S) groups is 1. The summed E-state index contributed by atoms with van der Waals surface area (Å²) in [6.45, 7) is 2.48. The number of methoxy groups -OCH3 is 1. The zero-order chi connectivity index (χ0) is 27.5. The average molecular weight is 574 g/mol. The van der Waals surface area contributed by atoms with Gasteiger partial charge in [-0.2, -0.15) is 0 Å². The molecule has 0 saturated heterocycles. The maximum Gasteiger partial charge on any atom is 0.269 e. The average Bonchev–Trinajstić information content (AvgIpc) is 3.29. The minimum absolute atomic E-state index is 0.104. The van der Waals surface area contributed by atoms with E-state index >= 15 is 0 Å². The Bertz CT molecular complexity index is 1710. The quantitative estimate of drug-likeness (QED) is 0.206. The van der Waals surface area contributed by atoms with E-state index in [0.29, 0.717) is 33.4 Å².